The molecule has 2 unspecified atom stereocenters. The molecule has 0 bridgehead atoms. The first-order valence-electron chi connectivity index (χ1n) is 13.5. The minimum Gasteiger partial charge on any atom is -0.494 e. The van der Waals surface area contributed by atoms with E-state index in [0.29, 0.717) is 40.9 Å². The fourth-order valence-corrected chi connectivity index (χ4v) is 6.88. The van der Waals surface area contributed by atoms with Gasteiger partial charge >= 0.3 is 0 Å². The summed E-state index contributed by atoms with van der Waals surface area (Å²) in [6, 6.07) is 7.28. The molecule has 11 nitrogen and oxygen atoms in total. The number of nitrogens with zero attached hydrogens (tertiary/aromatic N) is 3. The van der Waals surface area contributed by atoms with Crippen LogP contribution in [0.4, 0.5) is 5.13 Å². The van der Waals surface area contributed by atoms with Crippen LogP contribution in [0.1, 0.15) is 36.3 Å². The van der Waals surface area contributed by atoms with E-state index in [4.69, 9.17) is 21.9 Å². The van der Waals surface area contributed by atoms with E-state index in [1.165, 1.54) is 11.8 Å². The molecule has 1 aliphatic rings. The Morgan fingerprint density at radius 2 is 2.02 bits per heavy atom. The van der Waals surface area contributed by atoms with Gasteiger partial charge in [-0.3, -0.25) is 9.79 Å². The fourth-order valence-electron chi connectivity index (χ4n) is 3.81. The van der Waals surface area contributed by atoms with Crippen LogP contribution in [0.2, 0.25) is 0 Å². The van der Waals surface area contributed by atoms with Crippen molar-refractivity contribution in [2.45, 2.75) is 43.9 Å². The molecule has 7 N–H and O–H groups in total. The van der Waals surface area contributed by atoms with E-state index in [0.717, 1.165) is 41.9 Å². The van der Waals surface area contributed by atoms with E-state index in [1.54, 1.807) is 0 Å². The number of allylic oxidation sites excluding steroid dienone is 4. The van der Waals surface area contributed by atoms with E-state index in [9.17, 15) is 13.2 Å². The van der Waals surface area contributed by atoms with Gasteiger partial charge in [0.25, 0.3) is 0 Å². The molecule has 0 fully saturated rings. The Bertz CT molecular complexity index is 1290. The fraction of sp³-hybridized carbons (Fsp3) is 0.481. The molecule has 2 atom stereocenters. The third-order valence-electron chi connectivity index (χ3n) is 6.07. The molecular weight excluding hydrogens is 583 g/mol. The average molecular weight is 622 g/mol. The van der Waals surface area contributed by atoms with E-state index in [-0.39, 0.29) is 36.7 Å². The lowest BCUT2D eigenvalue weighted by atomic mass is 9.98. The number of nitrogens with one attached hydrogen (secondary N) is 1. The Morgan fingerprint density at radius 3 is 2.76 bits per heavy atom. The maximum absolute atomic E-state index is 12.6. The zero-order valence-corrected chi connectivity index (χ0v) is 25.4. The molecule has 2 aromatic rings. The number of anilines is 1. The molecule has 0 saturated heterocycles. The third-order valence-corrected chi connectivity index (χ3v) is 9.56. The van der Waals surface area contributed by atoms with Gasteiger partial charge in [0.2, 0.25) is 11.0 Å². The molecule has 1 aliphatic carbocycles. The van der Waals surface area contributed by atoms with Crippen molar-refractivity contribution in [2.24, 2.45) is 28.1 Å². The van der Waals surface area contributed by atoms with E-state index >= 15 is 0 Å². The van der Waals surface area contributed by atoms with Gasteiger partial charge in [-0.25, -0.2) is 8.42 Å². The van der Waals surface area contributed by atoms with E-state index in [2.05, 4.69) is 32.7 Å². The van der Waals surface area contributed by atoms with Crippen molar-refractivity contribution in [2.75, 3.05) is 36.5 Å². The standard InChI is InChI=1S/C27H39N7O4S3/c28-14-4-16-38-22-9-7-21(8-10-22)19-24(35)32-27-34-33-25(40-27)13-18-41(36,37)17-12-23(29)39-26(30)31-15-11-20-5-2-1-3-6-20/h1-3,5,7-10,20,23H,4,6,11-19,28-29H2,(H2,30,31)(H,32,34,35). The summed E-state index contributed by atoms with van der Waals surface area (Å²) in [4.78, 5) is 16.8. The molecular formula is C27H39N7O4S3. The second-order valence-corrected chi connectivity index (χ2v) is 14.1. The Balaban J connectivity index is 1.34. The number of aromatic nitrogens is 2. The number of hydrogen-bond donors (Lipinski definition) is 4. The van der Waals surface area contributed by atoms with Crippen LogP contribution >= 0.6 is 23.1 Å². The normalized spacial score (nSPS) is 16.0. The number of benzene rings is 1. The molecule has 0 aliphatic heterocycles. The molecule has 0 spiro atoms. The number of ether oxygens (including phenoxy) is 1. The van der Waals surface area contributed by atoms with Crippen molar-refractivity contribution in [3.63, 3.8) is 0 Å². The lowest BCUT2D eigenvalue weighted by Gasteiger charge is -2.12. The number of amides is 1. The van der Waals surface area contributed by atoms with Crippen LogP contribution in [0, 0.1) is 5.92 Å². The second-order valence-electron chi connectivity index (χ2n) is 9.52. The van der Waals surface area contributed by atoms with Gasteiger partial charge in [-0.1, -0.05) is 59.5 Å². The predicted molar refractivity (Wildman–Crippen MR) is 168 cm³/mol. The number of sulfone groups is 1. The van der Waals surface area contributed by atoms with Crippen LogP contribution in [-0.4, -0.2) is 66.3 Å². The zero-order valence-electron chi connectivity index (χ0n) is 23.0. The monoisotopic (exact) mass is 621 g/mol. The van der Waals surface area contributed by atoms with Gasteiger partial charge in [0.15, 0.2) is 15.0 Å². The highest BCUT2D eigenvalue weighted by atomic mass is 32.2. The lowest BCUT2D eigenvalue weighted by molar-refractivity contribution is -0.115. The first-order chi connectivity index (χ1) is 19.7. The Morgan fingerprint density at radius 1 is 1.22 bits per heavy atom. The van der Waals surface area contributed by atoms with Gasteiger partial charge in [0.1, 0.15) is 10.8 Å². The van der Waals surface area contributed by atoms with Crippen LogP contribution in [0.3, 0.4) is 0 Å². The summed E-state index contributed by atoms with van der Waals surface area (Å²) in [5.41, 5.74) is 18.3. The van der Waals surface area contributed by atoms with E-state index in [1.807, 2.05) is 36.4 Å². The number of hydrogen-bond acceptors (Lipinski definition) is 11. The van der Waals surface area contributed by atoms with Gasteiger partial charge < -0.3 is 27.3 Å². The maximum atomic E-state index is 12.6. The van der Waals surface area contributed by atoms with Crippen molar-refractivity contribution in [1.29, 1.82) is 0 Å². The number of aryl methyl sites for hydroxylation is 1. The summed E-state index contributed by atoms with van der Waals surface area (Å²) in [6.45, 7) is 1.72. The van der Waals surface area contributed by atoms with Gasteiger partial charge in [-0.15, -0.1) is 10.2 Å². The molecule has 224 valence electrons. The summed E-state index contributed by atoms with van der Waals surface area (Å²) in [5.74, 6) is 0.805. The van der Waals surface area contributed by atoms with Crippen LogP contribution in [0.15, 0.2) is 53.6 Å². The summed E-state index contributed by atoms with van der Waals surface area (Å²) >= 11 is 2.35. The molecule has 0 saturated carbocycles. The number of aliphatic imine (C=N–C) groups is 1. The largest absolute Gasteiger partial charge is 0.494 e. The molecule has 14 heteroatoms. The van der Waals surface area contributed by atoms with E-state index < -0.39 is 15.2 Å². The number of nitrogens with two attached hydrogens (primary N) is 3. The highest BCUT2D eigenvalue weighted by Gasteiger charge is 2.17. The summed E-state index contributed by atoms with van der Waals surface area (Å²) in [7, 11) is -3.36. The Kier molecular flexibility index (Phi) is 13.8. The number of rotatable bonds is 17. The smallest absolute Gasteiger partial charge is 0.230 e. The Labute approximate surface area is 250 Å². The van der Waals surface area contributed by atoms with Crippen LogP contribution in [0.5, 0.6) is 5.75 Å². The first-order valence-corrected chi connectivity index (χ1v) is 17.0. The van der Waals surface area contributed by atoms with Gasteiger partial charge in [0.05, 0.1) is 29.9 Å². The van der Waals surface area contributed by atoms with Crippen molar-refractivity contribution in [3.05, 3.63) is 59.1 Å². The minimum atomic E-state index is -3.36. The average Bonchev–Trinajstić information content (AvgIpc) is 3.40. The number of carbonyl (C=O) groups excluding carboxylic acids is 1. The van der Waals surface area contributed by atoms with Gasteiger partial charge in [-0.05, 0) is 55.8 Å². The molecule has 0 radical (unpaired) electrons. The molecule has 1 heterocycles. The summed E-state index contributed by atoms with van der Waals surface area (Å²) in [5, 5.41) is 11.5. The van der Waals surface area contributed by atoms with Crippen LogP contribution in [0.25, 0.3) is 0 Å². The topological polar surface area (TPSA) is 189 Å². The lowest BCUT2D eigenvalue weighted by Crippen LogP contribution is -2.25. The molecule has 1 aromatic heterocycles. The quantitative estimate of drug-likeness (QED) is 0.0884. The number of thioether (sulfide) groups is 1. The van der Waals surface area contributed by atoms with Gasteiger partial charge in [-0.2, -0.15) is 0 Å². The zero-order chi connectivity index (χ0) is 29.5. The Hall–Kier alpha value is -2.78. The highest BCUT2D eigenvalue weighted by molar-refractivity contribution is 8.14. The van der Waals surface area contributed by atoms with Crippen molar-refractivity contribution < 1.29 is 17.9 Å². The number of carbonyl (C=O) groups is 1. The predicted octanol–water partition coefficient (Wildman–Crippen LogP) is 2.65. The minimum absolute atomic E-state index is 0.0626. The van der Waals surface area contributed by atoms with Gasteiger partial charge in [0, 0.05) is 13.0 Å². The highest BCUT2D eigenvalue weighted by Crippen LogP contribution is 2.19. The molecule has 1 amide bonds. The first kappa shape index (κ1) is 32.7. The SMILES string of the molecule is NCCCOc1ccc(CC(=O)Nc2nnc(CCS(=O)(=O)CCC(N)SC(N)=NCCC3C=CC=CC3)s2)cc1. The van der Waals surface area contributed by atoms with Crippen molar-refractivity contribution in [3.8, 4) is 5.75 Å². The maximum Gasteiger partial charge on any atom is 0.230 e. The second kappa shape index (κ2) is 17.2. The molecule has 3 rings (SSSR count). The molecule has 41 heavy (non-hydrogen) atoms. The summed E-state index contributed by atoms with van der Waals surface area (Å²) in [6.07, 6.45) is 11.7. The van der Waals surface area contributed by atoms with Crippen LogP contribution in [-0.2, 0) is 27.5 Å². The molecule has 1 aromatic carbocycles. The van der Waals surface area contributed by atoms with Crippen LogP contribution < -0.4 is 27.3 Å². The third kappa shape index (κ3) is 13.2. The van der Waals surface area contributed by atoms with Crippen molar-refractivity contribution >= 4 is 49.1 Å². The summed E-state index contributed by atoms with van der Waals surface area (Å²) < 4.78 is 30.7. The van der Waals surface area contributed by atoms with Crippen molar-refractivity contribution in [1.82, 2.24) is 10.2 Å². The number of amidine groups is 1.